The molecule has 0 aromatic heterocycles. The molecule has 2 aliphatic heterocycles. The molecule has 8 heteroatoms. The third-order valence-corrected chi connectivity index (χ3v) is 3.93. The molecule has 2 rings (SSSR count). The molecule has 116 valence electrons. The van der Waals surface area contributed by atoms with Crippen LogP contribution in [0.15, 0.2) is 11.8 Å². The number of hydrogen-bond acceptors (Lipinski definition) is 7. The summed E-state index contributed by atoms with van der Waals surface area (Å²) in [5.74, 6) is -0.148. The molecule has 21 heavy (non-hydrogen) atoms. The van der Waals surface area contributed by atoms with Crippen LogP contribution in [0.4, 0.5) is 4.79 Å². The van der Waals surface area contributed by atoms with Crippen LogP contribution in [0, 0.1) is 0 Å². The predicted molar refractivity (Wildman–Crippen MR) is 74.0 cm³/mol. The highest BCUT2D eigenvalue weighted by Gasteiger charge is 2.43. The number of amides is 1. The van der Waals surface area contributed by atoms with Crippen molar-refractivity contribution in [2.45, 2.75) is 45.0 Å². The average molecular weight is 315 g/mol. The van der Waals surface area contributed by atoms with E-state index in [4.69, 9.17) is 14.2 Å². The largest absolute Gasteiger partial charge is 0.511 e. The lowest BCUT2D eigenvalue weighted by molar-refractivity contribution is -0.168. The number of fused-ring (bicyclic) bond motifs is 1. The van der Waals surface area contributed by atoms with Gasteiger partial charge in [-0.05, 0) is 19.9 Å². The van der Waals surface area contributed by atoms with E-state index < -0.39 is 18.4 Å². The highest BCUT2D eigenvalue weighted by Crippen LogP contribution is 2.37. The van der Waals surface area contributed by atoms with Crippen LogP contribution in [0.3, 0.4) is 0 Å². The van der Waals surface area contributed by atoms with E-state index in [-0.39, 0.29) is 23.1 Å². The SMILES string of the molecule is CC(C)OC(=O)OC(C)OC(=O)C1=CCS[C@H]2CC(=O)N12. The smallest absolute Gasteiger partial charge is 0.431 e. The highest BCUT2D eigenvalue weighted by atomic mass is 32.2. The van der Waals surface area contributed by atoms with Crippen molar-refractivity contribution < 1.29 is 28.6 Å². The average Bonchev–Trinajstić information content (AvgIpc) is 2.35. The molecule has 1 unspecified atom stereocenters. The van der Waals surface area contributed by atoms with Gasteiger partial charge in [0.1, 0.15) is 5.70 Å². The zero-order chi connectivity index (χ0) is 15.6. The number of ether oxygens (including phenoxy) is 3. The molecule has 2 atom stereocenters. The van der Waals surface area contributed by atoms with Crippen molar-refractivity contribution in [3.63, 3.8) is 0 Å². The Morgan fingerprint density at radius 1 is 1.29 bits per heavy atom. The molecule has 0 radical (unpaired) electrons. The van der Waals surface area contributed by atoms with Gasteiger partial charge in [-0.3, -0.25) is 9.69 Å². The van der Waals surface area contributed by atoms with Gasteiger partial charge in [0.25, 0.3) is 0 Å². The topological polar surface area (TPSA) is 82.1 Å². The van der Waals surface area contributed by atoms with Gasteiger partial charge >= 0.3 is 12.1 Å². The molecule has 1 fully saturated rings. The summed E-state index contributed by atoms with van der Waals surface area (Å²) >= 11 is 1.59. The summed E-state index contributed by atoms with van der Waals surface area (Å²) in [6.07, 6.45) is -0.245. The Bertz CT molecular complexity index is 489. The van der Waals surface area contributed by atoms with Crippen molar-refractivity contribution in [2.75, 3.05) is 5.75 Å². The highest BCUT2D eigenvalue weighted by molar-refractivity contribution is 8.00. The first-order valence-electron chi connectivity index (χ1n) is 6.60. The van der Waals surface area contributed by atoms with Gasteiger partial charge in [-0.25, -0.2) is 9.59 Å². The van der Waals surface area contributed by atoms with Crippen molar-refractivity contribution in [1.82, 2.24) is 4.90 Å². The molecule has 2 aliphatic rings. The Hall–Kier alpha value is -1.70. The number of nitrogens with zero attached hydrogens (tertiary/aromatic N) is 1. The second-order valence-electron chi connectivity index (χ2n) is 4.85. The molecule has 0 N–H and O–H groups in total. The molecular formula is C13H17NO6S. The van der Waals surface area contributed by atoms with Crippen molar-refractivity contribution in [3.05, 3.63) is 11.8 Å². The van der Waals surface area contributed by atoms with E-state index in [2.05, 4.69) is 0 Å². The lowest BCUT2D eigenvalue weighted by Crippen LogP contribution is -2.53. The van der Waals surface area contributed by atoms with Crippen molar-refractivity contribution in [2.24, 2.45) is 0 Å². The van der Waals surface area contributed by atoms with E-state index in [1.165, 1.54) is 11.8 Å². The zero-order valence-electron chi connectivity index (χ0n) is 12.0. The molecule has 0 bridgehead atoms. The normalized spacial score (nSPS) is 21.9. The first-order valence-corrected chi connectivity index (χ1v) is 7.65. The molecule has 0 aromatic carbocycles. The molecule has 0 saturated carbocycles. The van der Waals surface area contributed by atoms with Crippen LogP contribution >= 0.6 is 11.8 Å². The first kappa shape index (κ1) is 15.7. The summed E-state index contributed by atoms with van der Waals surface area (Å²) in [7, 11) is 0. The number of rotatable bonds is 4. The Morgan fingerprint density at radius 2 is 2.00 bits per heavy atom. The van der Waals surface area contributed by atoms with Crippen LogP contribution in [0.25, 0.3) is 0 Å². The monoisotopic (exact) mass is 315 g/mol. The second-order valence-corrected chi connectivity index (χ2v) is 6.06. The molecule has 1 saturated heterocycles. The third-order valence-electron chi connectivity index (χ3n) is 2.81. The van der Waals surface area contributed by atoms with Gasteiger partial charge in [-0.1, -0.05) is 0 Å². The van der Waals surface area contributed by atoms with Crippen molar-refractivity contribution in [3.8, 4) is 0 Å². The maximum absolute atomic E-state index is 12.0. The van der Waals surface area contributed by atoms with E-state index in [0.29, 0.717) is 12.2 Å². The first-order chi connectivity index (χ1) is 9.88. The van der Waals surface area contributed by atoms with Gasteiger partial charge in [0.2, 0.25) is 12.2 Å². The van der Waals surface area contributed by atoms with Gasteiger partial charge in [0.15, 0.2) is 0 Å². The van der Waals surface area contributed by atoms with Crippen LogP contribution in [0.5, 0.6) is 0 Å². The summed E-state index contributed by atoms with van der Waals surface area (Å²) in [5, 5.41) is 0.00665. The minimum Gasteiger partial charge on any atom is -0.431 e. The van der Waals surface area contributed by atoms with Crippen LogP contribution in [0.1, 0.15) is 27.2 Å². The fourth-order valence-electron chi connectivity index (χ4n) is 1.92. The van der Waals surface area contributed by atoms with Crippen LogP contribution in [-0.4, -0.2) is 46.5 Å². The summed E-state index contributed by atoms with van der Waals surface area (Å²) < 4.78 is 14.6. The maximum Gasteiger partial charge on any atom is 0.511 e. The van der Waals surface area contributed by atoms with Crippen LogP contribution in [0.2, 0.25) is 0 Å². The van der Waals surface area contributed by atoms with Crippen LogP contribution in [-0.2, 0) is 23.8 Å². The number of carbonyl (C=O) groups is 3. The number of β-lactam (4-membered cyclic amide) rings is 1. The number of thioether (sulfide) groups is 1. The van der Waals surface area contributed by atoms with Gasteiger partial charge < -0.3 is 14.2 Å². The quantitative estimate of drug-likeness (QED) is 0.443. The standard InChI is InChI=1S/C13H17NO6S/c1-7(2)18-13(17)20-8(3)19-12(16)9-4-5-21-11-6-10(15)14(9)11/h4,7-8,11H,5-6H2,1-3H3/t8?,11-/m0/s1. The lowest BCUT2D eigenvalue weighted by Gasteiger charge is -2.42. The summed E-state index contributed by atoms with van der Waals surface area (Å²) in [4.78, 5) is 36.2. The van der Waals surface area contributed by atoms with E-state index in [0.717, 1.165) is 0 Å². The molecule has 7 nitrogen and oxygen atoms in total. The van der Waals surface area contributed by atoms with Crippen LogP contribution < -0.4 is 0 Å². The predicted octanol–water partition coefficient (Wildman–Crippen LogP) is 1.63. The van der Waals surface area contributed by atoms with E-state index in [9.17, 15) is 14.4 Å². The Kier molecular flexibility index (Phi) is 4.76. The molecule has 0 aliphatic carbocycles. The molecule has 2 heterocycles. The number of esters is 1. The Morgan fingerprint density at radius 3 is 2.62 bits per heavy atom. The lowest BCUT2D eigenvalue weighted by atomic mass is 10.1. The zero-order valence-corrected chi connectivity index (χ0v) is 12.8. The minimum atomic E-state index is -1.09. The summed E-state index contributed by atoms with van der Waals surface area (Å²) in [6.45, 7) is 4.77. The van der Waals surface area contributed by atoms with Gasteiger partial charge in [-0.2, -0.15) is 0 Å². The molecule has 1 amide bonds. The number of hydrogen-bond donors (Lipinski definition) is 0. The second kappa shape index (κ2) is 6.38. The Labute approximate surface area is 126 Å². The third kappa shape index (κ3) is 3.69. The maximum atomic E-state index is 12.0. The van der Waals surface area contributed by atoms with Gasteiger partial charge in [-0.15, -0.1) is 11.8 Å². The fraction of sp³-hybridized carbons (Fsp3) is 0.615. The minimum absolute atomic E-state index is 0.00665. The fourth-order valence-corrected chi connectivity index (χ4v) is 3.04. The van der Waals surface area contributed by atoms with Crippen molar-refractivity contribution >= 4 is 29.8 Å². The summed E-state index contributed by atoms with van der Waals surface area (Å²) in [5.41, 5.74) is 0.211. The van der Waals surface area contributed by atoms with E-state index in [1.54, 1.807) is 31.7 Å². The van der Waals surface area contributed by atoms with Gasteiger partial charge in [0.05, 0.1) is 17.9 Å². The molecular weight excluding hydrogens is 298 g/mol. The van der Waals surface area contributed by atoms with E-state index >= 15 is 0 Å². The Balaban J connectivity index is 1.87. The molecule has 0 aromatic rings. The van der Waals surface area contributed by atoms with Crippen molar-refractivity contribution in [1.29, 1.82) is 0 Å². The van der Waals surface area contributed by atoms with E-state index in [1.807, 2.05) is 0 Å². The number of carbonyl (C=O) groups excluding carboxylic acids is 3. The summed E-state index contributed by atoms with van der Waals surface area (Å²) in [6, 6.07) is 0. The van der Waals surface area contributed by atoms with Gasteiger partial charge in [0, 0.05) is 12.7 Å². The molecule has 0 spiro atoms.